The SMILES string of the molecule is C=CCNC(CC(=O)OC)C(=O)O. The third-order valence-electron chi connectivity index (χ3n) is 1.41. The Morgan fingerprint density at radius 2 is 2.31 bits per heavy atom. The molecule has 0 amide bonds. The molecule has 1 unspecified atom stereocenters. The van der Waals surface area contributed by atoms with Crippen LogP contribution in [0.25, 0.3) is 0 Å². The molecule has 2 N–H and O–H groups in total. The van der Waals surface area contributed by atoms with Crippen LogP contribution in [-0.4, -0.2) is 36.7 Å². The first-order valence-electron chi connectivity index (χ1n) is 3.75. The molecule has 5 nitrogen and oxygen atoms in total. The Labute approximate surface area is 76.4 Å². The summed E-state index contributed by atoms with van der Waals surface area (Å²) < 4.78 is 4.34. The Kier molecular flexibility index (Phi) is 5.54. The average molecular weight is 187 g/mol. The third-order valence-corrected chi connectivity index (χ3v) is 1.41. The van der Waals surface area contributed by atoms with E-state index in [1.54, 1.807) is 0 Å². The van der Waals surface area contributed by atoms with Gasteiger partial charge in [0.15, 0.2) is 0 Å². The van der Waals surface area contributed by atoms with Gasteiger partial charge in [-0.05, 0) is 0 Å². The number of carboxylic acids is 1. The molecule has 13 heavy (non-hydrogen) atoms. The van der Waals surface area contributed by atoms with Crippen LogP contribution >= 0.6 is 0 Å². The minimum Gasteiger partial charge on any atom is -0.480 e. The number of carbonyl (C=O) groups excluding carboxylic acids is 1. The zero-order valence-electron chi connectivity index (χ0n) is 7.45. The maximum atomic E-state index is 10.7. The van der Waals surface area contributed by atoms with Crippen LogP contribution in [-0.2, 0) is 14.3 Å². The maximum Gasteiger partial charge on any atom is 0.321 e. The monoisotopic (exact) mass is 187 g/mol. The van der Waals surface area contributed by atoms with Crippen LogP contribution in [0, 0.1) is 0 Å². The van der Waals surface area contributed by atoms with Gasteiger partial charge in [-0.15, -0.1) is 6.58 Å². The van der Waals surface area contributed by atoms with Crippen molar-refractivity contribution in [2.45, 2.75) is 12.5 Å². The highest BCUT2D eigenvalue weighted by molar-refractivity contribution is 5.81. The van der Waals surface area contributed by atoms with Gasteiger partial charge in [-0.1, -0.05) is 6.08 Å². The number of nitrogens with one attached hydrogen (secondary N) is 1. The Morgan fingerprint density at radius 3 is 2.69 bits per heavy atom. The smallest absolute Gasteiger partial charge is 0.321 e. The zero-order chi connectivity index (χ0) is 10.3. The first-order valence-corrected chi connectivity index (χ1v) is 3.75. The van der Waals surface area contributed by atoms with Gasteiger partial charge in [0, 0.05) is 6.54 Å². The second kappa shape index (κ2) is 6.19. The van der Waals surface area contributed by atoms with Crippen molar-refractivity contribution in [2.24, 2.45) is 0 Å². The number of esters is 1. The summed E-state index contributed by atoms with van der Waals surface area (Å²) >= 11 is 0. The first-order chi connectivity index (χ1) is 6.11. The predicted molar refractivity (Wildman–Crippen MR) is 46.3 cm³/mol. The highest BCUT2D eigenvalue weighted by atomic mass is 16.5. The second-order valence-electron chi connectivity index (χ2n) is 2.37. The number of carboxylic acid groups (broad SMARTS) is 1. The van der Waals surface area contributed by atoms with Gasteiger partial charge in [-0.2, -0.15) is 0 Å². The molecule has 0 saturated carbocycles. The van der Waals surface area contributed by atoms with Crippen molar-refractivity contribution in [3.8, 4) is 0 Å². The molecule has 0 bridgehead atoms. The van der Waals surface area contributed by atoms with Crippen molar-refractivity contribution in [1.82, 2.24) is 5.32 Å². The van der Waals surface area contributed by atoms with Gasteiger partial charge >= 0.3 is 11.9 Å². The molecule has 0 aliphatic heterocycles. The van der Waals surface area contributed by atoms with Gasteiger partial charge in [0.25, 0.3) is 0 Å². The quantitative estimate of drug-likeness (QED) is 0.444. The van der Waals surface area contributed by atoms with E-state index in [0.29, 0.717) is 6.54 Å². The fourth-order valence-electron chi connectivity index (χ4n) is 0.722. The second-order valence-corrected chi connectivity index (χ2v) is 2.37. The number of carbonyl (C=O) groups is 2. The molecule has 0 aromatic heterocycles. The average Bonchev–Trinajstić information content (AvgIpc) is 2.11. The maximum absolute atomic E-state index is 10.7. The Hall–Kier alpha value is -1.36. The molecule has 5 heteroatoms. The molecule has 0 saturated heterocycles. The molecule has 0 fully saturated rings. The van der Waals surface area contributed by atoms with E-state index in [2.05, 4.69) is 16.6 Å². The van der Waals surface area contributed by atoms with E-state index in [1.165, 1.54) is 13.2 Å². The summed E-state index contributed by atoms with van der Waals surface area (Å²) in [5.41, 5.74) is 0. The minimum absolute atomic E-state index is 0.181. The van der Waals surface area contributed by atoms with Crippen molar-refractivity contribution in [3.63, 3.8) is 0 Å². The van der Waals surface area contributed by atoms with Gasteiger partial charge in [0.1, 0.15) is 6.04 Å². The largest absolute Gasteiger partial charge is 0.480 e. The van der Waals surface area contributed by atoms with Gasteiger partial charge in [0.05, 0.1) is 13.5 Å². The van der Waals surface area contributed by atoms with E-state index in [-0.39, 0.29) is 6.42 Å². The molecule has 0 aliphatic rings. The molecule has 0 heterocycles. The molecule has 1 atom stereocenters. The summed E-state index contributed by atoms with van der Waals surface area (Å²) in [7, 11) is 1.22. The van der Waals surface area contributed by atoms with Crippen LogP contribution < -0.4 is 5.32 Å². The van der Waals surface area contributed by atoms with Crippen molar-refractivity contribution in [2.75, 3.05) is 13.7 Å². The summed E-state index contributed by atoms with van der Waals surface area (Å²) in [6, 6.07) is -0.912. The summed E-state index contributed by atoms with van der Waals surface area (Å²) in [4.78, 5) is 21.3. The lowest BCUT2D eigenvalue weighted by atomic mass is 10.2. The van der Waals surface area contributed by atoms with Crippen molar-refractivity contribution in [1.29, 1.82) is 0 Å². The van der Waals surface area contributed by atoms with Crippen LogP contribution in [0.15, 0.2) is 12.7 Å². The highest BCUT2D eigenvalue weighted by Gasteiger charge is 2.20. The lowest BCUT2D eigenvalue weighted by Gasteiger charge is -2.10. The Bertz CT molecular complexity index is 202. The van der Waals surface area contributed by atoms with E-state index in [4.69, 9.17) is 5.11 Å². The molecule has 0 aromatic carbocycles. The standard InChI is InChI=1S/C8H13NO4/c1-3-4-9-6(8(11)12)5-7(10)13-2/h3,6,9H,1,4-5H2,2H3,(H,11,12). The van der Waals surface area contributed by atoms with E-state index in [1.807, 2.05) is 0 Å². The number of hydrogen-bond acceptors (Lipinski definition) is 4. The van der Waals surface area contributed by atoms with Crippen LogP contribution in [0.5, 0.6) is 0 Å². The number of rotatable bonds is 6. The van der Waals surface area contributed by atoms with E-state index in [9.17, 15) is 9.59 Å². The van der Waals surface area contributed by atoms with Crippen molar-refractivity contribution < 1.29 is 19.4 Å². The van der Waals surface area contributed by atoms with Gasteiger partial charge in [0.2, 0.25) is 0 Å². The fraction of sp³-hybridized carbons (Fsp3) is 0.500. The molecular weight excluding hydrogens is 174 g/mol. The van der Waals surface area contributed by atoms with E-state index >= 15 is 0 Å². The topological polar surface area (TPSA) is 75.6 Å². The number of hydrogen-bond donors (Lipinski definition) is 2. The predicted octanol–water partition coefficient (Wildman–Crippen LogP) is -0.222. The molecule has 74 valence electrons. The van der Waals surface area contributed by atoms with Crippen LogP contribution in [0.2, 0.25) is 0 Å². The van der Waals surface area contributed by atoms with E-state index < -0.39 is 18.0 Å². The molecule has 0 radical (unpaired) electrons. The lowest BCUT2D eigenvalue weighted by Crippen LogP contribution is -2.38. The fourth-order valence-corrected chi connectivity index (χ4v) is 0.722. The number of aliphatic carboxylic acids is 1. The Morgan fingerprint density at radius 1 is 1.69 bits per heavy atom. The van der Waals surface area contributed by atoms with Gasteiger partial charge < -0.3 is 15.2 Å². The number of methoxy groups -OCH3 is 1. The molecular formula is C8H13NO4. The first kappa shape index (κ1) is 11.6. The zero-order valence-corrected chi connectivity index (χ0v) is 7.45. The van der Waals surface area contributed by atoms with E-state index in [0.717, 1.165) is 0 Å². The molecule has 0 rings (SSSR count). The summed E-state index contributed by atoms with van der Waals surface area (Å²) in [5.74, 6) is -1.63. The van der Waals surface area contributed by atoms with Gasteiger partial charge in [-0.25, -0.2) is 0 Å². The number of ether oxygens (including phenoxy) is 1. The summed E-state index contributed by atoms with van der Waals surface area (Å²) in [6.07, 6.45) is 1.34. The summed E-state index contributed by atoms with van der Waals surface area (Å²) in [6.45, 7) is 3.76. The minimum atomic E-state index is -1.08. The lowest BCUT2D eigenvalue weighted by molar-refractivity contribution is -0.147. The van der Waals surface area contributed by atoms with Crippen molar-refractivity contribution >= 4 is 11.9 Å². The summed E-state index contributed by atoms with van der Waals surface area (Å²) in [5, 5.41) is 11.3. The van der Waals surface area contributed by atoms with Gasteiger partial charge in [-0.3, -0.25) is 9.59 Å². The molecule has 0 aliphatic carbocycles. The Balaban J connectivity index is 4.01. The molecule has 0 spiro atoms. The normalized spacial score (nSPS) is 11.8. The van der Waals surface area contributed by atoms with Crippen LogP contribution in [0.3, 0.4) is 0 Å². The highest BCUT2D eigenvalue weighted by Crippen LogP contribution is 1.94. The molecule has 0 aromatic rings. The van der Waals surface area contributed by atoms with Crippen LogP contribution in [0.4, 0.5) is 0 Å². The van der Waals surface area contributed by atoms with Crippen molar-refractivity contribution in [3.05, 3.63) is 12.7 Å². The van der Waals surface area contributed by atoms with Crippen LogP contribution in [0.1, 0.15) is 6.42 Å². The third kappa shape index (κ3) is 4.97.